The molecular weight excluding hydrogens is 272 g/mol. The number of aromatic amines is 1. The number of aryl methyl sites for hydroxylation is 1. The largest absolute Gasteiger partial charge is 0.358 e. The number of hydrogen-bond acceptors (Lipinski definition) is 1. The van der Waals surface area contributed by atoms with Crippen LogP contribution in [0.1, 0.15) is 43.9 Å². The maximum atomic E-state index is 12.7. The summed E-state index contributed by atoms with van der Waals surface area (Å²) in [6.07, 6.45) is 5.29. The molecule has 3 heteroatoms. The minimum atomic E-state index is 0.243. The number of aromatic nitrogens is 1. The molecule has 0 saturated heterocycles. The first-order valence-corrected chi connectivity index (χ1v) is 8.38. The number of para-hydroxylation sites is 1. The van der Waals surface area contributed by atoms with Gasteiger partial charge in [0.2, 0.25) is 5.91 Å². The van der Waals surface area contributed by atoms with E-state index in [2.05, 4.69) is 31.0 Å². The second kappa shape index (κ2) is 6.15. The maximum absolute atomic E-state index is 12.7. The fourth-order valence-corrected chi connectivity index (χ4v) is 3.67. The van der Waals surface area contributed by atoms with E-state index in [0.29, 0.717) is 12.5 Å². The highest BCUT2D eigenvalue weighted by molar-refractivity contribution is 5.90. The molecule has 3 nitrogen and oxygen atoms in total. The van der Waals surface area contributed by atoms with Crippen molar-refractivity contribution in [1.82, 2.24) is 9.88 Å². The van der Waals surface area contributed by atoms with E-state index in [1.807, 2.05) is 24.1 Å². The predicted octanol–water partition coefficient (Wildman–Crippen LogP) is 4.06. The van der Waals surface area contributed by atoms with Crippen molar-refractivity contribution in [3.63, 3.8) is 0 Å². The number of benzene rings is 1. The van der Waals surface area contributed by atoms with Crippen LogP contribution in [-0.2, 0) is 11.2 Å². The molecule has 1 heterocycles. The van der Waals surface area contributed by atoms with Crippen LogP contribution in [-0.4, -0.2) is 28.9 Å². The van der Waals surface area contributed by atoms with Crippen molar-refractivity contribution >= 4 is 16.8 Å². The summed E-state index contributed by atoms with van der Waals surface area (Å²) in [4.78, 5) is 18.1. The Labute approximate surface area is 132 Å². The van der Waals surface area contributed by atoms with Crippen LogP contribution in [0.5, 0.6) is 0 Å². The summed E-state index contributed by atoms with van der Waals surface area (Å²) < 4.78 is 0. The minimum absolute atomic E-state index is 0.243. The van der Waals surface area contributed by atoms with Gasteiger partial charge in [-0.25, -0.2) is 0 Å². The number of amides is 1. The molecule has 1 saturated carbocycles. The van der Waals surface area contributed by atoms with Gasteiger partial charge in [0, 0.05) is 29.7 Å². The van der Waals surface area contributed by atoms with Gasteiger partial charge in [-0.2, -0.15) is 0 Å². The summed E-state index contributed by atoms with van der Waals surface area (Å²) in [6.45, 7) is 4.37. The number of H-pyrrole nitrogens is 1. The third-order valence-electron chi connectivity index (χ3n) is 5.28. The minimum Gasteiger partial charge on any atom is -0.358 e. The fraction of sp³-hybridized carbons (Fsp3) is 0.526. The van der Waals surface area contributed by atoms with Crippen molar-refractivity contribution in [3.8, 4) is 0 Å². The molecule has 0 radical (unpaired) electrons. The zero-order valence-corrected chi connectivity index (χ0v) is 13.9. The Hall–Kier alpha value is -1.77. The summed E-state index contributed by atoms with van der Waals surface area (Å²) in [6, 6.07) is 8.66. The molecule has 1 N–H and O–H groups in total. The van der Waals surface area contributed by atoms with Crippen LogP contribution in [0.2, 0.25) is 0 Å². The van der Waals surface area contributed by atoms with E-state index in [-0.39, 0.29) is 5.91 Å². The van der Waals surface area contributed by atoms with E-state index in [1.54, 1.807) is 0 Å². The average molecular weight is 298 g/mol. The molecule has 1 aromatic heterocycles. The summed E-state index contributed by atoms with van der Waals surface area (Å²) in [5.41, 5.74) is 3.38. The molecule has 22 heavy (non-hydrogen) atoms. The van der Waals surface area contributed by atoms with Crippen molar-refractivity contribution < 1.29 is 4.79 Å². The second-order valence-corrected chi connectivity index (χ2v) is 6.87. The van der Waals surface area contributed by atoms with Crippen LogP contribution in [0.15, 0.2) is 24.3 Å². The quantitative estimate of drug-likeness (QED) is 0.911. The van der Waals surface area contributed by atoms with Crippen LogP contribution in [0.4, 0.5) is 0 Å². The number of likely N-dealkylation sites (N-methyl/N-ethyl adjacent to an activating group) is 1. The standard InChI is InChI=1S/C19H26N2O/c1-13-8-10-15(11-9-13)21(3)19(22)12-17-14(2)20-18-7-5-4-6-16(17)18/h4-7,13,15,20H,8-12H2,1-3H3. The van der Waals surface area contributed by atoms with Gasteiger partial charge in [0.15, 0.2) is 0 Å². The predicted molar refractivity (Wildman–Crippen MR) is 90.9 cm³/mol. The van der Waals surface area contributed by atoms with Crippen molar-refractivity contribution in [1.29, 1.82) is 0 Å². The first-order chi connectivity index (χ1) is 10.6. The summed E-state index contributed by atoms with van der Waals surface area (Å²) >= 11 is 0. The monoisotopic (exact) mass is 298 g/mol. The lowest BCUT2D eigenvalue weighted by Crippen LogP contribution is -2.40. The number of nitrogens with zero attached hydrogens (tertiary/aromatic N) is 1. The summed E-state index contributed by atoms with van der Waals surface area (Å²) in [5.74, 6) is 1.06. The van der Waals surface area contributed by atoms with Crippen molar-refractivity contribution in [3.05, 3.63) is 35.5 Å². The maximum Gasteiger partial charge on any atom is 0.227 e. The highest BCUT2D eigenvalue weighted by atomic mass is 16.2. The number of rotatable bonds is 3. The average Bonchev–Trinajstić information content (AvgIpc) is 2.83. The SMILES string of the molecule is Cc1[nH]c2ccccc2c1CC(=O)N(C)C1CCC(C)CC1. The topological polar surface area (TPSA) is 36.1 Å². The summed E-state index contributed by atoms with van der Waals surface area (Å²) in [7, 11) is 1.98. The lowest BCUT2D eigenvalue weighted by atomic mass is 9.86. The number of nitrogens with one attached hydrogen (secondary N) is 1. The third kappa shape index (κ3) is 2.90. The van der Waals surface area contributed by atoms with Gasteiger partial charge in [0.05, 0.1) is 6.42 Å². The van der Waals surface area contributed by atoms with E-state index in [4.69, 9.17) is 0 Å². The summed E-state index contributed by atoms with van der Waals surface area (Å²) in [5, 5.41) is 1.18. The molecular formula is C19H26N2O. The molecule has 0 atom stereocenters. The number of carbonyl (C=O) groups excluding carboxylic acids is 1. The molecule has 118 valence electrons. The Kier molecular flexibility index (Phi) is 4.23. The van der Waals surface area contributed by atoms with E-state index in [9.17, 15) is 4.79 Å². The Morgan fingerprint density at radius 3 is 2.64 bits per heavy atom. The lowest BCUT2D eigenvalue weighted by Gasteiger charge is -2.33. The second-order valence-electron chi connectivity index (χ2n) is 6.87. The number of fused-ring (bicyclic) bond motifs is 1. The number of hydrogen-bond donors (Lipinski definition) is 1. The molecule has 3 rings (SSSR count). The Balaban J connectivity index is 1.74. The molecule has 0 bridgehead atoms. The molecule has 1 fully saturated rings. The van der Waals surface area contributed by atoms with Crippen LogP contribution in [0.3, 0.4) is 0 Å². The molecule has 1 amide bonds. The van der Waals surface area contributed by atoms with Gasteiger partial charge >= 0.3 is 0 Å². The first kappa shape index (κ1) is 15.1. The van der Waals surface area contributed by atoms with Gasteiger partial charge in [-0.15, -0.1) is 0 Å². The van der Waals surface area contributed by atoms with Gasteiger partial charge in [-0.3, -0.25) is 4.79 Å². The van der Waals surface area contributed by atoms with E-state index in [1.165, 1.54) is 18.2 Å². The van der Waals surface area contributed by atoms with Gasteiger partial charge in [-0.05, 0) is 50.2 Å². The Bertz CT molecular complexity index is 665. The van der Waals surface area contributed by atoms with E-state index in [0.717, 1.165) is 35.5 Å². The lowest BCUT2D eigenvalue weighted by molar-refractivity contribution is -0.132. The zero-order valence-electron chi connectivity index (χ0n) is 13.9. The van der Waals surface area contributed by atoms with Gasteiger partial charge in [0.1, 0.15) is 0 Å². The zero-order chi connectivity index (χ0) is 15.7. The molecule has 0 unspecified atom stereocenters. The Morgan fingerprint density at radius 2 is 1.91 bits per heavy atom. The van der Waals surface area contributed by atoms with Crippen molar-refractivity contribution in [2.45, 2.75) is 52.0 Å². The van der Waals surface area contributed by atoms with Crippen molar-refractivity contribution in [2.75, 3.05) is 7.05 Å². The fourth-order valence-electron chi connectivity index (χ4n) is 3.67. The highest BCUT2D eigenvalue weighted by Gasteiger charge is 2.25. The normalized spacial score (nSPS) is 22.0. The van der Waals surface area contributed by atoms with Gasteiger partial charge in [0.25, 0.3) is 0 Å². The number of carbonyl (C=O) groups is 1. The molecule has 1 aromatic carbocycles. The van der Waals surface area contributed by atoms with E-state index >= 15 is 0 Å². The molecule has 0 spiro atoms. The van der Waals surface area contributed by atoms with Crippen molar-refractivity contribution in [2.24, 2.45) is 5.92 Å². The molecule has 1 aliphatic rings. The van der Waals surface area contributed by atoms with Crippen LogP contribution in [0.25, 0.3) is 10.9 Å². The van der Waals surface area contributed by atoms with Crippen LogP contribution >= 0.6 is 0 Å². The Morgan fingerprint density at radius 1 is 1.23 bits per heavy atom. The molecule has 2 aromatic rings. The van der Waals surface area contributed by atoms with Crippen LogP contribution < -0.4 is 0 Å². The van der Waals surface area contributed by atoms with Gasteiger partial charge in [-0.1, -0.05) is 25.1 Å². The third-order valence-corrected chi connectivity index (χ3v) is 5.28. The van der Waals surface area contributed by atoms with Gasteiger partial charge < -0.3 is 9.88 Å². The first-order valence-electron chi connectivity index (χ1n) is 8.38. The molecule has 1 aliphatic carbocycles. The van der Waals surface area contributed by atoms with Crippen LogP contribution in [0, 0.1) is 12.8 Å². The molecule has 0 aliphatic heterocycles. The highest BCUT2D eigenvalue weighted by Crippen LogP contribution is 2.28. The smallest absolute Gasteiger partial charge is 0.227 e. The van der Waals surface area contributed by atoms with E-state index < -0.39 is 0 Å².